The van der Waals surface area contributed by atoms with E-state index in [0.717, 1.165) is 0 Å². The SMILES string of the molecule is CC(C)(C)c1ccnn1C(c1ccccc1)(c1ccccc1)c1ccccc1. The van der Waals surface area contributed by atoms with Gasteiger partial charge >= 0.3 is 0 Å². The highest BCUT2D eigenvalue weighted by Gasteiger charge is 2.41. The lowest BCUT2D eigenvalue weighted by Crippen LogP contribution is -2.41. The molecule has 0 aliphatic rings. The smallest absolute Gasteiger partial charge is 0.138 e. The van der Waals surface area contributed by atoms with Crippen LogP contribution in [-0.2, 0) is 11.0 Å². The molecule has 0 N–H and O–H groups in total. The van der Waals surface area contributed by atoms with Crippen molar-refractivity contribution in [1.82, 2.24) is 9.78 Å². The summed E-state index contributed by atoms with van der Waals surface area (Å²) in [6, 6.07) is 34.2. The van der Waals surface area contributed by atoms with E-state index in [0.29, 0.717) is 0 Å². The molecule has 0 radical (unpaired) electrons. The van der Waals surface area contributed by atoms with Gasteiger partial charge in [-0.15, -0.1) is 0 Å². The van der Waals surface area contributed by atoms with E-state index < -0.39 is 5.54 Å². The first-order valence-corrected chi connectivity index (χ1v) is 9.76. The van der Waals surface area contributed by atoms with Gasteiger partial charge in [-0.05, 0) is 22.8 Å². The molecule has 0 spiro atoms. The highest BCUT2D eigenvalue weighted by Crippen LogP contribution is 2.42. The number of benzene rings is 3. The van der Waals surface area contributed by atoms with Gasteiger partial charge in [-0.25, -0.2) is 4.68 Å². The maximum absolute atomic E-state index is 4.90. The normalized spacial score (nSPS) is 12.1. The van der Waals surface area contributed by atoms with Crippen molar-refractivity contribution >= 4 is 0 Å². The summed E-state index contributed by atoms with van der Waals surface area (Å²) in [5, 5.41) is 4.90. The summed E-state index contributed by atoms with van der Waals surface area (Å²) in [6.45, 7) is 6.73. The molecule has 2 nitrogen and oxygen atoms in total. The van der Waals surface area contributed by atoms with Gasteiger partial charge in [0.1, 0.15) is 5.54 Å². The molecule has 2 heteroatoms. The van der Waals surface area contributed by atoms with Crippen molar-refractivity contribution in [1.29, 1.82) is 0 Å². The summed E-state index contributed by atoms with van der Waals surface area (Å²) >= 11 is 0. The average Bonchev–Trinajstić information content (AvgIpc) is 3.22. The molecule has 0 saturated carbocycles. The quantitative estimate of drug-likeness (QED) is 0.404. The van der Waals surface area contributed by atoms with Crippen molar-refractivity contribution < 1.29 is 0 Å². The van der Waals surface area contributed by atoms with Gasteiger partial charge in [0.25, 0.3) is 0 Å². The molecule has 1 aromatic heterocycles. The number of rotatable bonds is 4. The van der Waals surface area contributed by atoms with Crippen LogP contribution < -0.4 is 0 Å². The number of hydrogen-bond donors (Lipinski definition) is 0. The molecule has 3 aromatic carbocycles. The molecule has 140 valence electrons. The second-order valence-electron chi connectivity index (χ2n) is 8.19. The minimum Gasteiger partial charge on any atom is -0.249 e. The predicted molar refractivity (Wildman–Crippen MR) is 116 cm³/mol. The Morgan fingerprint density at radius 1 is 0.571 bits per heavy atom. The Balaban J connectivity index is 2.17. The van der Waals surface area contributed by atoms with E-state index in [1.807, 2.05) is 6.20 Å². The van der Waals surface area contributed by atoms with Crippen molar-refractivity contribution in [2.75, 3.05) is 0 Å². The summed E-state index contributed by atoms with van der Waals surface area (Å²) in [5.41, 5.74) is 4.20. The molecule has 0 bridgehead atoms. The van der Waals surface area contributed by atoms with Gasteiger partial charge in [-0.2, -0.15) is 5.10 Å². The van der Waals surface area contributed by atoms with Crippen LogP contribution in [0.2, 0.25) is 0 Å². The second kappa shape index (κ2) is 7.12. The molecule has 0 atom stereocenters. The van der Waals surface area contributed by atoms with E-state index in [2.05, 4.69) is 123 Å². The third-order valence-electron chi connectivity index (χ3n) is 5.30. The molecule has 28 heavy (non-hydrogen) atoms. The standard InChI is InChI=1S/C26H26N2/c1-25(2,3)24-19-20-27-28(24)26(21-13-7-4-8-14-21,22-15-9-5-10-16-22)23-17-11-6-12-18-23/h4-20H,1-3H3. The van der Waals surface area contributed by atoms with Crippen LogP contribution in [-0.4, -0.2) is 9.78 Å². The average molecular weight is 367 g/mol. The van der Waals surface area contributed by atoms with Gasteiger partial charge in [-0.3, -0.25) is 0 Å². The zero-order chi connectivity index (χ0) is 19.6. The van der Waals surface area contributed by atoms with Crippen LogP contribution in [0.15, 0.2) is 103 Å². The fourth-order valence-electron chi connectivity index (χ4n) is 4.04. The molecule has 0 unspecified atom stereocenters. The first kappa shape index (κ1) is 18.2. The topological polar surface area (TPSA) is 17.8 Å². The first-order valence-electron chi connectivity index (χ1n) is 9.76. The van der Waals surface area contributed by atoms with Crippen LogP contribution in [0.25, 0.3) is 0 Å². The maximum Gasteiger partial charge on any atom is 0.138 e. The summed E-state index contributed by atoms with van der Waals surface area (Å²) in [4.78, 5) is 0. The third kappa shape index (κ3) is 2.95. The summed E-state index contributed by atoms with van der Waals surface area (Å²) < 4.78 is 2.22. The third-order valence-corrected chi connectivity index (χ3v) is 5.30. The molecule has 1 heterocycles. The maximum atomic E-state index is 4.90. The van der Waals surface area contributed by atoms with E-state index in [-0.39, 0.29) is 5.41 Å². The Hall–Kier alpha value is -3.13. The van der Waals surface area contributed by atoms with Crippen molar-refractivity contribution in [3.63, 3.8) is 0 Å². The van der Waals surface area contributed by atoms with Gasteiger partial charge in [-0.1, -0.05) is 112 Å². The summed E-state index contributed by atoms with van der Waals surface area (Å²) in [6.07, 6.45) is 1.92. The molecule has 0 saturated heterocycles. The lowest BCUT2D eigenvalue weighted by Gasteiger charge is -2.39. The lowest BCUT2D eigenvalue weighted by atomic mass is 9.76. The fourth-order valence-corrected chi connectivity index (χ4v) is 4.04. The van der Waals surface area contributed by atoms with E-state index in [4.69, 9.17) is 5.10 Å². The van der Waals surface area contributed by atoms with Crippen LogP contribution in [0.4, 0.5) is 0 Å². The fraction of sp³-hybridized carbons (Fsp3) is 0.192. The minimum atomic E-state index is -0.546. The largest absolute Gasteiger partial charge is 0.249 e. The Labute approximate surface area is 167 Å². The molecule has 4 rings (SSSR count). The van der Waals surface area contributed by atoms with Crippen LogP contribution in [0, 0.1) is 0 Å². The predicted octanol–water partition coefficient (Wildman–Crippen LogP) is 6.02. The van der Waals surface area contributed by atoms with Gasteiger partial charge in [0.2, 0.25) is 0 Å². The number of hydrogen-bond acceptors (Lipinski definition) is 1. The van der Waals surface area contributed by atoms with E-state index in [1.54, 1.807) is 0 Å². The zero-order valence-electron chi connectivity index (χ0n) is 16.7. The number of aromatic nitrogens is 2. The number of nitrogens with zero attached hydrogens (tertiary/aromatic N) is 2. The molecular weight excluding hydrogens is 340 g/mol. The van der Waals surface area contributed by atoms with Crippen molar-refractivity contribution in [2.45, 2.75) is 31.7 Å². The molecule has 4 aromatic rings. The van der Waals surface area contributed by atoms with Crippen LogP contribution in [0.5, 0.6) is 0 Å². The van der Waals surface area contributed by atoms with Gasteiger partial charge in [0, 0.05) is 17.3 Å². The minimum absolute atomic E-state index is 0.0416. The summed E-state index contributed by atoms with van der Waals surface area (Å²) in [7, 11) is 0. The highest BCUT2D eigenvalue weighted by molar-refractivity contribution is 5.51. The zero-order valence-corrected chi connectivity index (χ0v) is 16.7. The first-order chi connectivity index (χ1) is 13.5. The van der Waals surface area contributed by atoms with Crippen LogP contribution in [0.3, 0.4) is 0 Å². The van der Waals surface area contributed by atoms with E-state index in [9.17, 15) is 0 Å². The van der Waals surface area contributed by atoms with E-state index in [1.165, 1.54) is 22.4 Å². The second-order valence-corrected chi connectivity index (χ2v) is 8.19. The van der Waals surface area contributed by atoms with Crippen LogP contribution >= 0.6 is 0 Å². The molecule has 0 fully saturated rings. The molecular formula is C26H26N2. The Morgan fingerprint density at radius 3 is 1.32 bits per heavy atom. The molecule has 0 amide bonds. The van der Waals surface area contributed by atoms with Gasteiger partial charge in [0.05, 0.1) is 0 Å². The monoisotopic (exact) mass is 366 g/mol. The summed E-state index contributed by atoms with van der Waals surface area (Å²) in [5.74, 6) is 0. The van der Waals surface area contributed by atoms with Crippen LogP contribution in [0.1, 0.15) is 43.2 Å². The van der Waals surface area contributed by atoms with Gasteiger partial charge < -0.3 is 0 Å². The van der Waals surface area contributed by atoms with E-state index >= 15 is 0 Å². The Bertz CT molecular complexity index is 929. The van der Waals surface area contributed by atoms with Crippen molar-refractivity contribution in [2.24, 2.45) is 0 Å². The lowest BCUT2D eigenvalue weighted by molar-refractivity contribution is 0.402. The Kier molecular flexibility index (Phi) is 4.64. The molecule has 0 aliphatic heterocycles. The Morgan fingerprint density at radius 2 is 0.964 bits per heavy atom. The van der Waals surface area contributed by atoms with Gasteiger partial charge in [0.15, 0.2) is 0 Å². The van der Waals surface area contributed by atoms with Crippen molar-refractivity contribution in [3.8, 4) is 0 Å². The highest BCUT2D eigenvalue weighted by atomic mass is 15.3. The van der Waals surface area contributed by atoms with Crippen molar-refractivity contribution in [3.05, 3.63) is 126 Å². The molecule has 0 aliphatic carbocycles.